The van der Waals surface area contributed by atoms with Crippen molar-refractivity contribution in [2.45, 2.75) is 52.6 Å². The molecule has 15 heavy (non-hydrogen) atoms. The molecule has 0 aromatic heterocycles. The van der Waals surface area contributed by atoms with Crippen LogP contribution in [0.15, 0.2) is 0 Å². The highest BCUT2D eigenvalue weighted by molar-refractivity contribution is 5.72. The van der Waals surface area contributed by atoms with Crippen molar-refractivity contribution in [2.24, 2.45) is 5.41 Å². The van der Waals surface area contributed by atoms with Crippen LogP contribution in [0, 0.1) is 5.41 Å². The first-order valence-corrected chi connectivity index (χ1v) is 5.73. The van der Waals surface area contributed by atoms with E-state index in [2.05, 4.69) is 12.2 Å². The van der Waals surface area contributed by atoms with E-state index in [1.807, 2.05) is 20.8 Å². The molecule has 0 unspecified atom stereocenters. The zero-order chi connectivity index (χ0) is 11.5. The van der Waals surface area contributed by atoms with Gasteiger partial charge in [0.25, 0.3) is 0 Å². The molecule has 3 heteroatoms. The first-order chi connectivity index (χ1) is 6.81. The molecule has 0 aromatic rings. The van der Waals surface area contributed by atoms with Gasteiger partial charge in [0.2, 0.25) is 0 Å². The molecule has 0 aromatic carbocycles. The lowest BCUT2D eigenvalue weighted by molar-refractivity contribution is -0.153. The third-order valence-corrected chi connectivity index (χ3v) is 2.80. The van der Waals surface area contributed by atoms with Crippen LogP contribution in [-0.2, 0) is 9.53 Å². The molecule has 0 radical (unpaired) electrons. The van der Waals surface area contributed by atoms with Crippen LogP contribution in [0.2, 0.25) is 0 Å². The van der Waals surface area contributed by atoms with E-state index in [1.54, 1.807) is 0 Å². The third kappa shape index (κ3) is 4.65. The highest BCUT2D eigenvalue weighted by Crippen LogP contribution is 2.39. The molecule has 3 nitrogen and oxygen atoms in total. The number of ether oxygens (including phenoxy) is 1. The van der Waals surface area contributed by atoms with Gasteiger partial charge in [-0.2, -0.15) is 0 Å². The van der Waals surface area contributed by atoms with Crippen molar-refractivity contribution in [1.82, 2.24) is 5.32 Å². The summed E-state index contributed by atoms with van der Waals surface area (Å²) in [6.45, 7) is 9.17. The summed E-state index contributed by atoms with van der Waals surface area (Å²) in [4.78, 5) is 11.4. The van der Waals surface area contributed by atoms with E-state index >= 15 is 0 Å². The summed E-state index contributed by atoms with van der Waals surface area (Å²) in [5.74, 6) is -0.162. The van der Waals surface area contributed by atoms with Gasteiger partial charge >= 0.3 is 5.97 Å². The van der Waals surface area contributed by atoms with Crippen LogP contribution in [0.3, 0.4) is 0 Å². The highest BCUT2D eigenvalue weighted by atomic mass is 16.6. The first-order valence-electron chi connectivity index (χ1n) is 5.73. The van der Waals surface area contributed by atoms with Crippen LogP contribution in [0.5, 0.6) is 0 Å². The maximum Gasteiger partial charge on any atom is 0.320 e. The van der Waals surface area contributed by atoms with Gasteiger partial charge in [0.15, 0.2) is 0 Å². The molecule has 0 saturated heterocycles. The topological polar surface area (TPSA) is 38.3 Å². The lowest BCUT2D eigenvalue weighted by atomic mass is 9.70. The fourth-order valence-corrected chi connectivity index (χ4v) is 1.80. The summed E-state index contributed by atoms with van der Waals surface area (Å²) in [5, 5.41) is 3.18. The van der Waals surface area contributed by atoms with Gasteiger partial charge in [0.05, 0.1) is 6.54 Å². The molecule has 1 fully saturated rings. The molecule has 0 bridgehead atoms. The Morgan fingerprint density at radius 1 is 1.40 bits per heavy atom. The predicted octanol–water partition coefficient (Wildman–Crippen LogP) is 2.11. The number of carbonyl (C=O) groups is 1. The summed E-state index contributed by atoms with van der Waals surface area (Å²) in [6.07, 6.45) is 3.87. The summed E-state index contributed by atoms with van der Waals surface area (Å²) in [6, 6.07) is 0. The van der Waals surface area contributed by atoms with Crippen LogP contribution in [-0.4, -0.2) is 24.7 Å². The van der Waals surface area contributed by atoms with Crippen molar-refractivity contribution < 1.29 is 9.53 Å². The lowest BCUT2D eigenvalue weighted by Gasteiger charge is -2.38. The summed E-state index contributed by atoms with van der Waals surface area (Å²) < 4.78 is 5.20. The Morgan fingerprint density at radius 2 is 2.00 bits per heavy atom. The van der Waals surface area contributed by atoms with Crippen molar-refractivity contribution in [3.05, 3.63) is 0 Å². The fraction of sp³-hybridized carbons (Fsp3) is 0.917. The molecule has 0 atom stereocenters. The van der Waals surface area contributed by atoms with Crippen LogP contribution in [0.1, 0.15) is 47.0 Å². The molecule has 1 rings (SSSR count). The second kappa shape index (κ2) is 4.52. The molecule has 1 aliphatic carbocycles. The lowest BCUT2D eigenvalue weighted by Crippen LogP contribution is -2.40. The maximum atomic E-state index is 11.4. The van der Waals surface area contributed by atoms with E-state index in [0.717, 1.165) is 6.54 Å². The summed E-state index contributed by atoms with van der Waals surface area (Å²) in [7, 11) is 0. The van der Waals surface area contributed by atoms with Crippen molar-refractivity contribution in [1.29, 1.82) is 0 Å². The highest BCUT2D eigenvalue weighted by Gasteiger charge is 2.31. The Hall–Kier alpha value is -0.570. The normalized spacial score (nSPS) is 19.5. The van der Waals surface area contributed by atoms with Gasteiger partial charge in [-0.15, -0.1) is 0 Å². The van der Waals surface area contributed by atoms with Crippen LogP contribution in [0.25, 0.3) is 0 Å². The SMILES string of the molecule is CC1(CNCC(=O)OC(C)(C)C)CCC1. The molecular formula is C12H23NO2. The van der Waals surface area contributed by atoms with Gasteiger partial charge in [0, 0.05) is 6.54 Å². The molecule has 88 valence electrons. The van der Waals surface area contributed by atoms with E-state index in [0.29, 0.717) is 12.0 Å². The molecular weight excluding hydrogens is 190 g/mol. The van der Waals surface area contributed by atoms with E-state index in [1.165, 1.54) is 19.3 Å². The molecule has 1 N–H and O–H groups in total. The summed E-state index contributed by atoms with van der Waals surface area (Å²) >= 11 is 0. The Balaban J connectivity index is 2.12. The van der Waals surface area contributed by atoms with Crippen LogP contribution in [0.4, 0.5) is 0 Å². The van der Waals surface area contributed by atoms with E-state index in [9.17, 15) is 4.79 Å². The monoisotopic (exact) mass is 213 g/mol. The molecule has 0 spiro atoms. The van der Waals surface area contributed by atoms with E-state index < -0.39 is 0 Å². The number of rotatable bonds is 4. The molecule has 1 saturated carbocycles. The zero-order valence-corrected chi connectivity index (χ0v) is 10.4. The Bertz CT molecular complexity index is 226. The van der Waals surface area contributed by atoms with Gasteiger partial charge in [-0.05, 0) is 39.0 Å². The largest absolute Gasteiger partial charge is 0.459 e. The molecule has 0 amide bonds. The second-order valence-corrected chi connectivity index (χ2v) is 5.85. The van der Waals surface area contributed by atoms with E-state index in [4.69, 9.17) is 4.74 Å². The molecule has 1 aliphatic rings. The second-order valence-electron chi connectivity index (χ2n) is 5.85. The van der Waals surface area contributed by atoms with E-state index in [-0.39, 0.29) is 11.6 Å². The van der Waals surface area contributed by atoms with Gasteiger partial charge in [-0.25, -0.2) is 0 Å². The minimum absolute atomic E-state index is 0.162. The average Bonchev–Trinajstić information content (AvgIpc) is 1.97. The van der Waals surface area contributed by atoms with Crippen molar-refractivity contribution >= 4 is 5.97 Å². The molecule has 0 heterocycles. The predicted molar refractivity (Wildman–Crippen MR) is 60.7 cm³/mol. The zero-order valence-electron chi connectivity index (χ0n) is 10.4. The fourth-order valence-electron chi connectivity index (χ4n) is 1.80. The number of nitrogens with one attached hydrogen (secondary N) is 1. The quantitative estimate of drug-likeness (QED) is 0.727. The Morgan fingerprint density at radius 3 is 2.40 bits per heavy atom. The Labute approximate surface area is 92.6 Å². The summed E-state index contributed by atoms with van der Waals surface area (Å²) in [5.41, 5.74) is 0.0428. The molecule has 0 aliphatic heterocycles. The standard InChI is InChI=1S/C12H23NO2/c1-11(2,3)15-10(14)8-13-9-12(4)6-5-7-12/h13H,5-9H2,1-4H3. The first kappa shape index (κ1) is 12.5. The number of hydrogen-bond acceptors (Lipinski definition) is 3. The van der Waals surface area contributed by atoms with Crippen LogP contribution < -0.4 is 5.32 Å². The van der Waals surface area contributed by atoms with Crippen molar-refractivity contribution in [3.63, 3.8) is 0 Å². The van der Waals surface area contributed by atoms with Gasteiger partial charge < -0.3 is 10.1 Å². The number of carbonyl (C=O) groups excluding carboxylic acids is 1. The minimum atomic E-state index is -0.376. The third-order valence-electron chi connectivity index (χ3n) is 2.80. The minimum Gasteiger partial charge on any atom is -0.459 e. The van der Waals surface area contributed by atoms with Crippen LogP contribution >= 0.6 is 0 Å². The van der Waals surface area contributed by atoms with Crippen molar-refractivity contribution in [2.75, 3.05) is 13.1 Å². The maximum absolute atomic E-state index is 11.4. The van der Waals surface area contributed by atoms with Crippen molar-refractivity contribution in [3.8, 4) is 0 Å². The number of esters is 1. The number of hydrogen-bond donors (Lipinski definition) is 1. The van der Waals surface area contributed by atoms with Gasteiger partial charge in [0.1, 0.15) is 5.60 Å². The van der Waals surface area contributed by atoms with Gasteiger partial charge in [-0.3, -0.25) is 4.79 Å². The Kier molecular flexibility index (Phi) is 3.77. The smallest absolute Gasteiger partial charge is 0.320 e. The average molecular weight is 213 g/mol. The van der Waals surface area contributed by atoms with Gasteiger partial charge in [-0.1, -0.05) is 13.3 Å².